The molecule has 2 rings (SSSR count). The Morgan fingerprint density at radius 2 is 2.00 bits per heavy atom. The maximum atomic E-state index is 11.8. The summed E-state index contributed by atoms with van der Waals surface area (Å²) in [6.45, 7) is 5.87. The van der Waals surface area contributed by atoms with Crippen LogP contribution in [0.2, 0.25) is 0 Å². The lowest BCUT2D eigenvalue weighted by molar-refractivity contribution is 0.730. The van der Waals surface area contributed by atoms with Gasteiger partial charge in [-0.15, -0.1) is 0 Å². The summed E-state index contributed by atoms with van der Waals surface area (Å²) < 4.78 is 0. The molecular weight excluding hydrogens is 264 g/mol. The molecule has 0 aliphatic heterocycles. The quantitative estimate of drug-likeness (QED) is 0.850. The molecule has 0 bridgehead atoms. The molecule has 3 N–H and O–H groups in total. The Morgan fingerprint density at radius 1 is 1.29 bits per heavy atom. The van der Waals surface area contributed by atoms with E-state index in [2.05, 4.69) is 22.1 Å². The molecule has 21 heavy (non-hydrogen) atoms. The van der Waals surface area contributed by atoms with Gasteiger partial charge in [0.2, 0.25) is 0 Å². The van der Waals surface area contributed by atoms with E-state index in [4.69, 9.17) is 5.73 Å². The SMILES string of the molecule is CC(C)c1nc(N(CCN)Cc2ccccc2)cc(=O)[nH]1. The van der Waals surface area contributed by atoms with Crippen LogP contribution in [-0.4, -0.2) is 23.1 Å². The highest BCUT2D eigenvalue weighted by atomic mass is 16.1. The lowest BCUT2D eigenvalue weighted by Crippen LogP contribution is -2.31. The highest BCUT2D eigenvalue weighted by Crippen LogP contribution is 2.15. The number of nitrogens with zero attached hydrogens (tertiary/aromatic N) is 2. The molecule has 0 radical (unpaired) electrons. The van der Waals surface area contributed by atoms with E-state index in [1.54, 1.807) is 0 Å². The number of aromatic amines is 1. The molecule has 0 amide bonds. The van der Waals surface area contributed by atoms with Crippen molar-refractivity contribution in [3.8, 4) is 0 Å². The van der Waals surface area contributed by atoms with Gasteiger partial charge in [0.25, 0.3) is 5.56 Å². The molecule has 0 aliphatic rings. The lowest BCUT2D eigenvalue weighted by atomic mass is 10.2. The summed E-state index contributed by atoms with van der Waals surface area (Å²) in [5, 5.41) is 0. The third-order valence-corrected chi connectivity index (χ3v) is 3.23. The van der Waals surface area contributed by atoms with Gasteiger partial charge in [-0.25, -0.2) is 4.98 Å². The van der Waals surface area contributed by atoms with E-state index in [1.165, 1.54) is 11.6 Å². The Bertz CT molecular complexity index is 622. The Morgan fingerprint density at radius 3 is 2.62 bits per heavy atom. The number of aromatic nitrogens is 2. The third-order valence-electron chi connectivity index (χ3n) is 3.23. The van der Waals surface area contributed by atoms with Gasteiger partial charge in [-0.1, -0.05) is 44.2 Å². The van der Waals surface area contributed by atoms with E-state index in [0.717, 1.165) is 0 Å². The fourth-order valence-corrected chi connectivity index (χ4v) is 2.13. The van der Waals surface area contributed by atoms with E-state index in [0.29, 0.717) is 31.3 Å². The van der Waals surface area contributed by atoms with Gasteiger partial charge in [-0.2, -0.15) is 0 Å². The average molecular weight is 286 g/mol. The number of hydrogen-bond donors (Lipinski definition) is 2. The summed E-state index contributed by atoms with van der Waals surface area (Å²) in [4.78, 5) is 21.2. The summed E-state index contributed by atoms with van der Waals surface area (Å²) in [6, 6.07) is 11.6. The first kappa shape index (κ1) is 15.3. The molecule has 0 unspecified atom stereocenters. The van der Waals surface area contributed by atoms with Crippen LogP contribution in [0.4, 0.5) is 5.82 Å². The lowest BCUT2D eigenvalue weighted by Gasteiger charge is -2.23. The predicted molar refractivity (Wildman–Crippen MR) is 85.5 cm³/mol. The van der Waals surface area contributed by atoms with Crippen molar-refractivity contribution in [1.82, 2.24) is 9.97 Å². The second-order valence-corrected chi connectivity index (χ2v) is 5.34. The van der Waals surface area contributed by atoms with Crippen LogP contribution in [0.5, 0.6) is 0 Å². The van der Waals surface area contributed by atoms with Crippen LogP contribution in [0.15, 0.2) is 41.2 Å². The van der Waals surface area contributed by atoms with Crippen molar-refractivity contribution < 1.29 is 0 Å². The van der Waals surface area contributed by atoms with Gasteiger partial charge in [-0.3, -0.25) is 4.79 Å². The number of H-pyrrole nitrogens is 1. The smallest absolute Gasteiger partial charge is 0.252 e. The molecule has 1 aromatic heterocycles. The van der Waals surface area contributed by atoms with Crippen LogP contribution >= 0.6 is 0 Å². The number of nitrogens with one attached hydrogen (secondary N) is 1. The zero-order chi connectivity index (χ0) is 15.2. The summed E-state index contributed by atoms with van der Waals surface area (Å²) in [6.07, 6.45) is 0. The molecule has 0 aliphatic carbocycles. The van der Waals surface area contributed by atoms with Crippen LogP contribution < -0.4 is 16.2 Å². The standard InChI is InChI=1S/C16H22N4O/c1-12(2)16-18-14(10-15(21)19-16)20(9-8-17)11-13-6-4-3-5-7-13/h3-7,10,12H,8-9,11,17H2,1-2H3,(H,18,19,21). The van der Waals surface area contributed by atoms with Crippen molar-refractivity contribution in [3.63, 3.8) is 0 Å². The molecule has 5 nitrogen and oxygen atoms in total. The van der Waals surface area contributed by atoms with Gasteiger partial charge in [0, 0.05) is 31.6 Å². The minimum Gasteiger partial charge on any atom is -0.351 e. The summed E-state index contributed by atoms with van der Waals surface area (Å²) in [5.74, 6) is 1.55. The van der Waals surface area contributed by atoms with Crippen molar-refractivity contribution in [2.75, 3.05) is 18.0 Å². The maximum absolute atomic E-state index is 11.8. The van der Waals surface area contributed by atoms with Crippen LogP contribution in [0.25, 0.3) is 0 Å². The van der Waals surface area contributed by atoms with Gasteiger partial charge in [0.15, 0.2) is 0 Å². The minimum atomic E-state index is -0.126. The number of hydrogen-bond acceptors (Lipinski definition) is 4. The summed E-state index contributed by atoms with van der Waals surface area (Å²) in [7, 11) is 0. The first-order chi connectivity index (χ1) is 10.1. The molecular formula is C16H22N4O. The van der Waals surface area contributed by atoms with Gasteiger partial charge < -0.3 is 15.6 Å². The first-order valence-electron chi connectivity index (χ1n) is 7.20. The molecule has 0 fully saturated rings. The Kier molecular flexibility index (Phi) is 5.11. The van der Waals surface area contributed by atoms with E-state index < -0.39 is 0 Å². The molecule has 2 aromatic rings. The van der Waals surface area contributed by atoms with Crippen molar-refractivity contribution >= 4 is 5.82 Å². The molecule has 1 heterocycles. The Balaban J connectivity index is 2.31. The Hall–Kier alpha value is -2.14. The van der Waals surface area contributed by atoms with E-state index in [9.17, 15) is 4.79 Å². The zero-order valence-corrected chi connectivity index (χ0v) is 12.5. The van der Waals surface area contributed by atoms with E-state index in [1.807, 2.05) is 36.9 Å². The highest BCUT2D eigenvalue weighted by Gasteiger charge is 2.12. The van der Waals surface area contributed by atoms with Gasteiger partial charge in [0.05, 0.1) is 0 Å². The molecule has 0 saturated heterocycles. The molecule has 5 heteroatoms. The van der Waals surface area contributed by atoms with E-state index >= 15 is 0 Å². The number of benzene rings is 1. The Labute approximate surface area is 124 Å². The first-order valence-corrected chi connectivity index (χ1v) is 7.20. The van der Waals surface area contributed by atoms with Crippen molar-refractivity contribution in [3.05, 3.63) is 58.1 Å². The van der Waals surface area contributed by atoms with Crippen LogP contribution in [0.3, 0.4) is 0 Å². The number of anilines is 1. The third kappa shape index (κ3) is 4.16. The second kappa shape index (κ2) is 7.04. The van der Waals surface area contributed by atoms with Crippen molar-refractivity contribution in [2.45, 2.75) is 26.3 Å². The fourth-order valence-electron chi connectivity index (χ4n) is 2.13. The largest absolute Gasteiger partial charge is 0.351 e. The molecule has 112 valence electrons. The second-order valence-electron chi connectivity index (χ2n) is 5.34. The molecule has 1 aromatic carbocycles. The topological polar surface area (TPSA) is 75.0 Å². The maximum Gasteiger partial charge on any atom is 0.252 e. The number of nitrogens with two attached hydrogens (primary N) is 1. The van der Waals surface area contributed by atoms with Crippen molar-refractivity contribution in [1.29, 1.82) is 0 Å². The average Bonchev–Trinajstić information content (AvgIpc) is 2.47. The van der Waals surface area contributed by atoms with Crippen LogP contribution in [-0.2, 0) is 6.54 Å². The van der Waals surface area contributed by atoms with Gasteiger partial charge in [-0.05, 0) is 5.56 Å². The minimum absolute atomic E-state index is 0.126. The monoisotopic (exact) mass is 286 g/mol. The van der Waals surface area contributed by atoms with E-state index in [-0.39, 0.29) is 11.5 Å². The highest BCUT2D eigenvalue weighted by molar-refractivity contribution is 5.39. The summed E-state index contributed by atoms with van der Waals surface area (Å²) in [5.41, 5.74) is 6.74. The van der Waals surface area contributed by atoms with Crippen LogP contribution in [0, 0.1) is 0 Å². The van der Waals surface area contributed by atoms with Gasteiger partial charge in [0.1, 0.15) is 11.6 Å². The fraction of sp³-hybridized carbons (Fsp3) is 0.375. The van der Waals surface area contributed by atoms with Gasteiger partial charge >= 0.3 is 0 Å². The predicted octanol–water partition coefficient (Wildman–Crippen LogP) is 1.86. The molecule has 0 saturated carbocycles. The van der Waals surface area contributed by atoms with Crippen molar-refractivity contribution in [2.24, 2.45) is 5.73 Å². The number of rotatable bonds is 6. The molecule has 0 atom stereocenters. The molecule has 0 spiro atoms. The summed E-state index contributed by atoms with van der Waals surface area (Å²) >= 11 is 0. The zero-order valence-electron chi connectivity index (χ0n) is 12.5. The van der Waals surface area contributed by atoms with Crippen LogP contribution in [0.1, 0.15) is 31.2 Å². The normalized spacial score (nSPS) is 10.9.